The van der Waals surface area contributed by atoms with Crippen molar-refractivity contribution in [2.75, 3.05) is 13.1 Å². The van der Waals surface area contributed by atoms with E-state index in [0.29, 0.717) is 5.92 Å². The third-order valence-corrected chi connectivity index (χ3v) is 3.58. The summed E-state index contributed by atoms with van der Waals surface area (Å²) in [4.78, 5) is 0. The summed E-state index contributed by atoms with van der Waals surface area (Å²) in [6.45, 7) is 8.45. The Balaban J connectivity index is 2.99. The zero-order valence-electron chi connectivity index (χ0n) is 10.6. The maximum Gasteiger partial charge on any atom is 0.0412 e. The number of rotatable bonds is 5. The van der Waals surface area contributed by atoms with Gasteiger partial charge in [-0.3, -0.25) is 0 Å². The molecule has 0 aliphatic carbocycles. The number of hydrogen-bond acceptors (Lipinski definition) is 1. The Morgan fingerprint density at radius 3 is 2.76 bits per heavy atom. The van der Waals surface area contributed by atoms with Crippen LogP contribution in [0.3, 0.4) is 0 Å². The lowest BCUT2D eigenvalue weighted by Crippen LogP contribution is -2.18. The van der Waals surface area contributed by atoms with Gasteiger partial charge in [-0.15, -0.1) is 0 Å². The topological polar surface area (TPSA) is 12.0 Å². The number of hydrogen-bond donors (Lipinski definition) is 1. The molecule has 0 saturated carbocycles. The predicted molar refractivity (Wildman–Crippen MR) is 80.5 cm³/mol. The van der Waals surface area contributed by atoms with Gasteiger partial charge in [0.25, 0.3) is 0 Å². The Labute approximate surface area is 117 Å². The van der Waals surface area contributed by atoms with Crippen molar-refractivity contribution in [3.05, 3.63) is 38.8 Å². The van der Waals surface area contributed by atoms with E-state index >= 15 is 0 Å². The number of likely N-dealkylation sites (N-methyl/N-ethyl adjacent to an activating group) is 1. The molecule has 17 heavy (non-hydrogen) atoms. The number of benzene rings is 1. The van der Waals surface area contributed by atoms with Crippen molar-refractivity contribution in [2.45, 2.75) is 20.8 Å². The lowest BCUT2D eigenvalue weighted by molar-refractivity contribution is 0.682. The van der Waals surface area contributed by atoms with Crippen LogP contribution in [0.15, 0.2) is 28.2 Å². The molecule has 0 aliphatic heterocycles. The Bertz CT molecular complexity index is 399. The minimum atomic E-state index is 0.528. The van der Waals surface area contributed by atoms with E-state index < -0.39 is 0 Å². The molecule has 0 atom stereocenters. The summed E-state index contributed by atoms with van der Waals surface area (Å²) < 4.78 is 1.08. The van der Waals surface area contributed by atoms with Gasteiger partial charge >= 0.3 is 0 Å². The molecule has 0 bridgehead atoms. The molecule has 1 rings (SSSR count). The van der Waals surface area contributed by atoms with Crippen LogP contribution in [-0.4, -0.2) is 13.1 Å². The predicted octanol–water partition coefficient (Wildman–Crippen LogP) is 4.75. The Kier molecular flexibility index (Phi) is 6.24. The summed E-state index contributed by atoms with van der Waals surface area (Å²) in [5, 5.41) is 4.14. The van der Waals surface area contributed by atoms with E-state index in [4.69, 9.17) is 11.6 Å². The van der Waals surface area contributed by atoms with Crippen LogP contribution in [0.4, 0.5) is 0 Å². The molecule has 94 valence electrons. The number of halogens is 2. The molecule has 0 fully saturated rings. The molecule has 0 spiro atoms. The molecular weight excluding hydrogens is 298 g/mol. The van der Waals surface area contributed by atoms with Gasteiger partial charge in [0, 0.05) is 16.0 Å². The first-order valence-electron chi connectivity index (χ1n) is 5.90. The lowest BCUT2D eigenvalue weighted by Gasteiger charge is -2.12. The summed E-state index contributed by atoms with van der Waals surface area (Å²) in [5.41, 5.74) is 2.52. The van der Waals surface area contributed by atoms with E-state index in [9.17, 15) is 0 Å². The molecule has 0 amide bonds. The SMILES string of the molecule is CCNCC(=Cc1cc(Cl)ccc1Br)C(C)C. The highest BCUT2D eigenvalue weighted by Gasteiger charge is 2.05. The van der Waals surface area contributed by atoms with Gasteiger partial charge < -0.3 is 5.32 Å². The van der Waals surface area contributed by atoms with Crippen molar-refractivity contribution in [3.63, 3.8) is 0 Å². The molecule has 1 aromatic rings. The third-order valence-electron chi connectivity index (χ3n) is 2.62. The summed E-state index contributed by atoms with van der Waals surface area (Å²) >= 11 is 9.57. The van der Waals surface area contributed by atoms with E-state index in [1.807, 2.05) is 18.2 Å². The highest BCUT2D eigenvalue weighted by atomic mass is 79.9. The van der Waals surface area contributed by atoms with E-state index in [0.717, 1.165) is 28.1 Å². The lowest BCUT2D eigenvalue weighted by atomic mass is 10.0. The first-order chi connectivity index (χ1) is 8.04. The van der Waals surface area contributed by atoms with E-state index in [1.165, 1.54) is 5.57 Å². The normalized spacial score (nSPS) is 12.2. The molecule has 1 aromatic carbocycles. The fraction of sp³-hybridized carbons (Fsp3) is 0.429. The molecule has 0 aliphatic rings. The summed E-state index contributed by atoms with van der Waals surface area (Å²) in [6, 6.07) is 5.86. The Morgan fingerprint density at radius 2 is 2.18 bits per heavy atom. The molecule has 0 saturated heterocycles. The molecule has 0 unspecified atom stereocenters. The standard InChI is InChI=1S/C14H19BrClN/c1-4-17-9-12(10(2)3)7-11-8-13(16)5-6-14(11)15/h5-8,10,17H,4,9H2,1-3H3. The fourth-order valence-electron chi connectivity index (χ4n) is 1.52. The van der Waals surface area contributed by atoms with Crippen molar-refractivity contribution in [1.29, 1.82) is 0 Å². The maximum atomic E-state index is 6.02. The summed E-state index contributed by atoms with van der Waals surface area (Å²) in [6.07, 6.45) is 2.21. The van der Waals surface area contributed by atoms with Crippen molar-refractivity contribution in [1.82, 2.24) is 5.32 Å². The van der Waals surface area contributed by atoms with E-state index in [1.54, 1.807) is 0 Å². The van der Waals surface area contributed by atoms with Crippen molar-refractivity contribution in [2.24, 2.45) is 5.92 Å². The molecule has 1 N–H and O–H groups in total. The molecule has 0 radical (unpaired) electrons. The second-order valence-corrected chi connectivity index (χ2v) is 5.61. The average molecular weight is 317 g/mol. The molecule has 3 heteroatoms. The molecule has 0 aromatic heterocycles. The summed E-state index contributed by atoms with van der Waals surface area (Å²) in [5.74, 6) is 0.528. The minimum absolute atomic E-state index is 0.528. The third kappa shape index (κ3) is 4.82. The van der Waals surface area contributed by atoms with Gasteiger partial charge in [0.05, 0.1) is 0 Å². The first-order valence-corrected chi connectivity index (χ1v) is 7.08. The van der Waals surface area contributed by atoms with Gasteiger partial charge in [0.2, 0.25) is 0 Å². The quantitative estimate of drug-likeness (QED) is 0.826. The second kappa shape index (κ2) is 7.20. The smallest absolute Gasteiger partial charge is 0.0412 e. The van der Waals surface area contributed by atoms with Gasteiger partial charge in [0.1, 0.15) is 0 Å². The van der Waals surface area contributed by atoms with Gasteiger partial charge in [-0.05, 0) is 36.2 Å². The van der Waals surface area contributed by atoms with Crippen LogP contribution in [0.2, 0.25) is 5.02 Å². The maximum absolute atomic E-state index is 6.02. The molecular formula is C14H19BrClN. The highest BCUT2D eigenvalue weighted by molar-refractivity contribution is 9.10. The summed E-state index contributed by atoms with van der Waals surface area (Å²) in [7, 11) is 0. The van der Waals surface area contributed by atoms with E-state index in [2.05, 4.69) is 48.1 Å². The van der Waals surface area contributed by atoms with Gasteiger partial charge in [0.15, 0.2) is 0 Å². The average Bonchev–Trinajstić information content (AvgIpc) is 2.28. The largest absolute Gasteiger partial charge is 0.313 e. The molecule has 1 nitrogen and oxygen atoms in total. The van der Waals surface area contributed by atoms with Crippen LogP contribution >= 0.6 is 27.5 Å². The zero-order valence-corrected chi connectivity index (χ0v) is 12.9. The molecule has 0 heterocycles. The monoisotopic (exact) mass is 315 g/mol. The van der Waals surface area contributed by atoms with Crippen molar-refractivity contribution in [3.8, 4) is 0 Å². The highest BCUT2D eigenvalue weighted by Crippen LogP contribution is 2.25. The second-order valence-electron chi connectivity index (χ2n) is 4.32. The fourth-order valence-corrected chi connectivity index (χ4v) is 2.06. The van der Waals surface area contributed by atoms with Crippen molar-refractivity contribution >= 4 is 33.6 Å². The Morgan fingerprint density at radius 1 is 1.47 bits per heavy atom. The zero-order chi connectivity index (χ0) is 12.8. The van der Waals surface area contributed by atoms with Crippen LogP contribution < -0.4 is 5.32 Å². The van der Waals surface area contributed by atoms with Gasteiger partial charge in [-0.2, -0.15) is 0 Å². The Hall–Kier alpha value is -0.310. The minimum Gasteiger partial charge on any atom is -0.313 e. The van der Waals surface area contributed by atoms with Gasteiger partial charge in [-0.1, -0.05) is 60.0 Å². The van der Waals surface area contributed by atoms with Crippen LogP contribution in [0.5, 0.6) is 0 Å². The van der Waals surface area contributed by atoms with Crippen LogP contribution in [-0.2, 0) is 0 Å². The van der Waals surface area contributed by atoms with Crippen LogP contribution in [0.25, 0.3) is 6.08 Å². The van der Waals surface area contributed by atoms with E-state index in [-0.39, 0.29) is 0 Å². The van der Waals surface area contributed by atoms with Gasteiger partial charge in [-0.25, -0.2) is 0 Å². The van der Waals surface area contributed by atoms with Crippen LogP contribution in [0.1, 0.15) is 26.3 Å². The van der Waals surface area contributed by atoms with Crippen LogP contribution in [0, 0.1) is 5.92 Å². The first kappa shape index (κ1) is 14.7. The number of nitrogens with one attached hydrogen (secondary N) is 1. The van der Waals surface area contributed by atoms with Crippen molar-refractivity contribution < 1.29 is 0 Å².